The van der Waals surface area contributed by atoms with Crippen LogP contribution in [0.3, 0.4) is 0 Å². The van der Waals surface area contributed by atoms with Gasteiger partial charge in [0.2, 0.25) is 0 Å². The van der Waals surface area contributed by atoms with Crippen molar-refractivity contribution in [1.82, 2.24) is 10.2 Å². The second-order valence-corrected chi connectivity index (χ2v) is 4.44. The van der Waals surface area contributed by atoms with Gasteiger partial charge in [-0.25, -0.2) is 0 Å². The molecule has 1 N–H and O–H groups in total. The summed E-state index contributed by atoms with van der Waals surface area (Å²) in [5, 5.41) is 3.41. The van der Waals surface area contributed by atoms with Crippen LogP contribution in [0.25, 0.3) is 0 Å². The summed E-state index contributed by atoms with van der Waals surface area (Å²) in [5.41, 5.74) is 0.729. The highest BCUT2D eigenvalue weighted by Crippen LogP contribution is 2.60. The highest BCUT2D eigenvalue weighted by Gasteiger charge is 2.59. The van der Waals surface area contributed by atoms with E-state index in [2.05, 4.69) is 10.2 Å². The number of halogens is 1. The van der Waals surface area contributed by atoms with Gasteiger partial charge in [0, 0.05) is 31.7 Å². The first-order chi connectivity index (χ1) is 5.39. The van der Waals surface area contributed by atoms with E-state index in [4.69, 9.17) is 0 Å². The highest BCUT2D eigenvalue weighted by atomic mass is 35.5. The lowest BCUT2D eigenvalue weighted by Crippen LogP contribution is -2.70. The fourth-order valence-electron chi connectivity index (χ4n) is 2.96. The molecular weight excluding hydrogens is 172 g/mol. The molecule has 0 spiro atoms. The molecule has 3 heteroatoms. The number of rotatable bonds is 1. The summed E-state index contributed by atoms with van der Waals surface area (Å²) >= 11 is 0. The van der Waals surface area contributed by atoms with Gasteiger partial charge in [-0.05, 0) is 25.2 Å². The Balaban J connectivity index is 0.000000563. The zero-order chi connectivity index (χ0) is 7.31. The van der Waals surface area contributed by atoms with Crippen LogP contribution in [0.2, 0.25) is 0 Å². The van der Waals surface area contributed by atoms with Crippen LogP contribution in [0.15, 0.2) is 0 Å². The van der Waals surface area contributed by atoms with Gasteiger partial charge in [0.25, 0.3) is 0 Å². The Bertz CT molecular complexity index is 160. The van der Waals surface area contributed by atoms with Crippen LogP contribution in [-0.4, -0.2) is 36.6 Å². The summed E-state index contributed by atoms with van der Waals surface area (Å²) in [6.45, 7) is 5.03. The third-order valence-electron chi connectivity index (χ3n) is 3.79. The second-order valence-electron chi connectivity index (χ2n) is 4.44. The Hall–Kier alpha value is 0.210. The summed E-state index contributed by atoms with van der Waals surface area (Å²) in [6.07, 6.45) is 4.56. The van der Waals surface area contributed by atoms with Crippen molar-refractivity contribution in [2.75, 3.05) is 26.2 Å². The van der Waals surface area contributed by atoms with E-state index in [0.29, 0.717) is 0 Å². The zero-order valence-electron chi connectivity index (χ0n) is 7.38. The third-order valence-corrected chi connectivity index (χ3v) is 3.79. The number of nitrogens with zero attached hydrogens (tertiary/aromatic N) is 1. The predicted octanol–water partition coefficient (Wildman–Crippen LogP) is 0.866. The van der Waals surface area contributed by atoms with Gasteiger partial charge < -0.3 is 5.32 Å². The first kappa shape index (κ1) is 8.79. The van der Waals surface area contributed by atoms with E-state index in [1.807, 2.05) is 0 Å². The fourth-order valence-corrected chi connectivity index (χ4v) is 2.96. The van der Waals surface area contributed by atoms with E-state index >= 15 is 0 Å². The van der Waals surface area contributed by atoms with Gasteiger partial charge in [-0.15, -0.1) is 12.4 Å². The van der Waals surface area contributed by atoms with Crippen molar-refractivity contribution in [3.63, 3.8) is 0 Å². The molecule has 0 aromatic rings. The molecule has 1 saturated heterocycles. The quantitative estimate of drug-likeness (QED) is 0.657. The van der Waals surface area contributed by atoms with E-state index in [9.17, 15) is 0 Å². The molecule has 0 radical (unpaired) electrons. The molecule has 0 atom stereocenters. The molecule has 1 heterocycles. The van der Waals surface area contributed by atoms with Crippen molar-refractivity contribution in [2.45, 2.75) is 24.8 Å². The molecule has 3 saturated carbocycles. The van der Waals surface area contributed by atoms with Crippen LogP contribution in [0.1, 0.15) is 19.3 Å². The van der Waals surface area contributed by atoms with Gasteiger partial charge >= 0.3 is 0 Å². The van der Waals surface area contributed by atoms with E-state index in [0.717, 1.165) is 11.5 Å². The van der Waals surface area contributed by atoms with Crippen molar-refractivity contribution < 1.29 is 0 Å². The SMILES string of the molecule is C1CN(C23CC(C2)C3)CCN1.Cl. The Kier molecular flexibility index (Phi) is 2.10. The Labute approximate surface area is 80.1 Å². The highest BCUT2D eigenvalue weighted by molar-refractivity contribution is 5.85. The van der Waals surface area contributed by atoms with Gasteiger partial charge in [0.1, 0.15) is 0 Å². The average molecular weight is 189 g/mol. The third kappa shape index (κ3) is 1.02. The molecule has 0 unspecified atom stereocenters. The number of nitrogens with one attached hydrogen (secondary N) is 1. The molecule has 0 aromatic heterocycles. The molecule has 4 rings (SSSR count). The second kappa shape index (κ2) is 2.86. The molecule has 70 valence electrons. The van der Waals surface area contributed by atoms with Crippen molar-refractivity contribution in [3.8, 4) is 0 Å². The normalized spacial score (nSPS) is 45.5. The van der Waals surface area contributed by atoms with Crippen LogP contribution in [0.4, 0.5) is 0 Å². The minimum atomic E-state index is 0. The molecule has 4 fully saturated rings. The smallest absolute Gasteiger partial charge is 0.0218 e. The van der Waals surface area contributed by atoms with Crippen molar-refractivity contribution in [1.29, 1.82) is 0 Å². The first-order valence-electron chi connectivity index (χ1n) is 4.85. The van der Waals surface area contributed by atoms with Crippen molar-refractivity contribution >= 4 is 12.4 Å². The standard InChI is InChI=1S/C9H16N2.ClH/c1-3-11(4-2-10-1)9-5-8(6-9)7-9;/h8,10H,1-7H2;1H. The molecule has 0 aromatic carbocycles. The molecule has 2 bridgehead atoms. The summed E-state index contributed by atoms with van der Waals surface area (Å²) in [6, 6.07) is 0. The van der Waals surface area contributed by atoms with Crippen molar-refractivity contribution in [2.24, 2.45) is 5.92 Å². The number of hydrogen-bond acceptors (Lipinski definition) is 2. The van der Waals surface area contributed by atoms with E-state index < -0.39 is 0 Å². The molecule has 1 aliphatic heterocycles. The monoisotopic (exact) mass is 188 g/mol. The Morgan fingerprint density at radius 1 is 1.08 bits per heavy atom. The Morgan fingerprint density at radius 3 is 2.08 bits per heavy atom. The zero-order valence-corrected chi connectivity index (χ0v) is 8.20. The maximum atomic E-state index is 3.41. The molecule has 0 amide bonds. The van der Waals surface area contributed by atoms with Gasteiger partial charge in [-0.2, -0.15) is 0 Å². The lowest BCUT2D eigenvalue weighted by atomic mass is 9.49. The summed E-state index contributed by atoms with van der Waals surface area (Å²) in [5.74, 6) is 1.13. The number of hydrogen-bond donors (Lipinski definition) is 1. The van der Waals surface area contributed by atoms with E-state index in [1.165, 1.54) is 45.4 Å². The number of piperazine rings is 1. The average Bonchev–Trinajstić information content (AvgIpc) is 1.83. The van der Waals surface area contributed by atoms with Crippen LogP contribution >= 0.6 is 12.4 Å². The molecule has 2 nitrogen and oxygen atoms in total. The lowest BCUT2D eigenvalue weighted by molar-refractivity contribution is -0.146. The topological polar surface area (TPSA) is 15.3 Å². The summed E-state index contributed by atoms with van der Waals surface area (Å²) in [4.78, 5) is 2.73. The summed E-state index contributed by atoms with van der Waals surface area (Å²) in [7, 11) is 0. The van der Waals surface area contributed by atoms with Gasteiger partial charge in [0.05, 0.1) is 0 Å². The van der Waals surface area contributed by atoms with E-state index in [1.54, 1.807) is 0 Å². The minimum Gasteiger partial charge on any atom is -0.314 e. The van der Waals surface area contributed by atoms with Crippen molar-refractivity contribution in [3.05, 3.63) is 0 Å². The Morgan fingerprint density at radius 2 is 1.67 bits per heavy atom. The largest absolute Gasteiger partial charge is 0.314 e. The first-order valence-corrected chi connectivity index (χ1v) is 4.85. The van der Waals surface area contributed by atoms with Gasteiger partial charge in [-0.3, -0.25) is 4.90 Å². The van der Waals surface area contributed by atoms with Crippen LogP contribution in [0, 0.1) is 5.92 Å². The molecule has 4 aliphatic rings. The minimum absolute atomic E-state index is 0. The maximum Gasteiger partial charge on any atom is 0.0218 e. The fraction of sp³-hybridized carbons (Fsp3) is 1.00. The predicted molar refractivity (Wildman–Crippen MR) is 51.8 cm³/mol. The van der Waals surface area contributed by atoms with Gasteiger partial charge in [-0.1, -0.05) is 0 Å². The summed E-state index contributed by atoms with van der Waals surface area (Å²) < 4.78 is 0. The maximum absolute atomic E-state index is 3.41. The molecule has 12 heavy (non-hydrogen) atoms. The molecular formula is C9H17ClN2. The van der Waals surface area contributed by atoms with Crippen LogP contribution in [-0.2, 0) is 0 Å². The van der Waals surface area contributed by atoms with E-state index in [-0.39, 0.29) is 12.4 Å². The van der Waals surface area contributed by atoms with Crippen LogP contribution < -0.4 is 5.32 Å². The van der Waals surface area contributed by atoms with Crippen LogP contribution in [0.5, 0.6) is 0 Å². The van der Waals surface area contributed by atoms with Gasteiger partial charge in [0.15, 0.2) is 0 Å². The molecule has 3 aliphatic carbocycles. The lowest BCUT2D eigenvalue weighted by Gasteiger charge is -2.67.